The summed E-state index contributed by atoms with van der Waals surface area (Å²) >= 11 is 13.1. The molecule has 2 aromatic heterocycles. The van der Waals surface area contributed by atoms with E-state index in [0.717, 1.165) is 0 Å². The first-order valence-electron chi connectivity index (χ1n) is 11.9. The third-order valence-electron chi connectivity index (χ3n) is 6.12. The number of imidazole rings is 1. The summed E-state index contributed by atoms with van der Waals surface area (Å²) in [6, 6.07) is 3.57. The van der Waals surface area contributed by atoms with Gasteiger partial charge in [-0.3, -0.25) is 9.20 Å². The molecule has 0 fully saturated rings. The number of hydrogen-bond donors (Lipinski definition) is 1. The minimum absolute atomic E-state index is 0.0440. The van der Waals surface area contributed by atoms with E-state index in [0.29, 0.717) is 31.3 Å². The van der Waals surface area contributed by atoms with Gasteiger partial charge in [-0.1, -0.05) is 54.7 Å². The van der Waals surface area contributed by atoms with Crippen LogP contribution in [0.25, 0.3) is 5.65 Å². The number of rotatable bonds is 10. The van der Waals surface area contributed by atoms with Crippen LogP contribution in [0, 0.1) is 0 Å². The van der Waals surface area contributed by atoms with Gasteiger partial charge in [0.1, 0.15) is 11.3 Å². The Labute approximate surface area is 224 Å². The average Bonchev–Trinajstić information content (AvgIpc) is 3.32. The number of amides is 1. The second-order valence-electron chi connectivity index (χ2n) is 8.87. The Balaban J connectivity index is 1.41. The standard InChI is InChI=1S/C27H27Cl2N3O5/c28-26(10-4-1-5-11-26)14-17-36-24(34)22(25(35)37-18-15-27(29)12-6-2-7-13-27)31-23(33)20-19-30-21-9-3-8-16-32(20)21/h1-10,12,16,19,22H,11,13-15,17-18H2,(H,31,33). The van der Waals surface area contributed by atoms with Crippen molar-refractivity contribution in [2.24, 2.45) is 0 Å². The lowest BCUT2D eigenvalue weighted by Gasteiger charge is -2.25. The average molecular weight is 544 g/mol. The van der Waals surface area contributed by atoms with Crippen LogP contribution in [0.15, 0.2) is 79.2 Å². The van der Waals surface area contributed by atoms with Crippen LogP contribution in [0.3, 0.4) is 0 Å². The minimum Gasteiger partial charge on any atom is -0.464 e. The molecule has 2 unspecified atom stereocenters. The van der Waals surface area contributed by atoms with Gasteiger partial charge in [0.15, 0.2) is 0 Å². The number of alkyl halides is 2. The quantitative estimate of drug-likeness (QED) is 0.272. The highest BCUT2D eigenvalue weighted by Crippen LogP contribution is 2.30. The van der Waals surface area contributed by atoms with E-state index in [-0.39, 0.29) is 18.9 Å². The van der Waals surface area contributed by atoms with Crippen molar-refractivity contribution in [3.05, 3.63) is 84.9 Å². The van der Waals surface area contributed by atoms with Gasteiger partial charge >= 0.3 is 11.9 Å². The van der Waals surface area contributed by atoms with E-state index >= 15 is 0 Å². The molecule has 37 heavy (non-hydrogen) atoms. The molecule has 0 aliphatic heterocycles. The number of allylic oxidation sites excluding steroid dienone is 8. The largest absolute Gasteiger partial charge is 0.464 e. The van der Waals surface area contributed by atoms with Crippen LogP contribution >= 0.6 is 23.2 Å². The molecule has 8 nitrogen and oxygen atoms in total. The number of nitrogens with one attached hydrogen (secondary N) is 1. The molecule has 1 N–H and O–H groups in total. The third-order valence-corrected chi connectivity index (χ3v) is 7.06. The summed E-state index contributed by atoms with van der Waals surface area (Å²) in [5.74, 6) is -2.56. The molecule has 10 heteroatoms. The molecule has 2 aliphatic carbocycles. The topological polar surface area (TPSA) is 99.0 Å². The molecule has 0 aromatic carbocycles. The summed E-state index contributed by atoms with van der Waals surface area (Å²) in [5.41, 5.74) is 0.692. The monoisotopic (exact) mass is 543 g/mol. The van der Waals surface area contributed by atoms with Gasteiger partial charge in [0.25, 0.3) is 5.91 Å². The fourth-order valence-electron chi connectivity index (χ4n) is 3.98. The highest BCUT2D eigenvalue weighted by Gasteiger charge is 2.34. The Bertz CT molecular complexity index is 1230. The van der Waals surface area contributed by atoms with Crippen LogP contribution in [0.2, 0.25) is 0 Å². The lowest BCUT2D eigenvalue weighted by Crippen LogP contribution is -2.49. The van der Waals surface area contributed by atoms with Crippen LogP contribution < -0.4 is 5.32 Å². The van der Waals surface area contributed by atoms with Crippen LogP contribution in [0.1, 0.15) is 36.2 Å². The number of pyridine rings is 1. The van der Waals surface area contributed by atoms with Gasteiger partial charge in [0, 0.05) is 19.0 Å². The molecule has 0 saturated carbocycles. The first kappa shape index (κ1) is 26.7. The van der Waals surface area contributed by atoms with E-state index in [1.54, 1.807) is 28.8 Å². The summed E-state index contributed by atoms with van der Waals surface area (Å²) < 4.78 is 12.2. The molecule has 4 rings (SSSR count). The van der Waals surface area contributed by atoms with Gasteiger partial charge in [-0.25, -0.2) is 14.6 Å². The van der Waals surface area contributed by atoms with E-state index in [1.165, 1.54) is 6.20 Å². The second-order valence-corrected chi connectivity index (χ2v) is 10.4. The van der Waals surface area contributed by atoms with Crippen molar-refractivity contribution in [3.8, 4) is 0 Å². The number of aromatic nitrogens is 2. The molecule has 2 atom stereocenters. The Kier molecular flexibility index (Phi) is 8.51. The van der Waals surface area contributed by atoms with Gasteiger partial charge in [-0.2, -0.15) is 0 Å². The number of hydrogen-bond acceptors (Lipinski definition) is 6. The SMILES string of the molecule is O=C(NC(C(=O)OCCC1(Cl)C=CC=CC1)C(=O)OCCC1(Cl)C=CC=CC1)c1cnc2ccccn12. The number of esters is 2. The van der Waals surface area contributed by atoms with E-state index in [2.05, 4.69) is 10.3 Å². The second kappa shape index (κ2) is 11.8. The number of carbonyl (C=O) groups is 3. The van der Waals surface area contributed by atoms with Crippen LogP contribution in [-0.4, -0.2) is 56.2 Å². The van der Waals surface area contributed by atoms with Crippen molar-refractivity contribution in [1.82, 2.24) is 14.7 Å². The van der Waals surface area contributed by atoms with Crippen molar-refractivity contribution < 1.29 is 23.9 Å². The first-order chi connectivity index (χ1) is 17.8. The van der Waals surface area contributed by atoms with Gasteiger partial charge in [-0.05, 0) is 25.0 Å². The van der Waals surface area contributed by atoms with Crippen LogP contribution in [0.4, 0.5) is 0 Å². The minimum atomic E-state index is -1.68. The molecule has 0 spiro atoms. The number of carbonyl (C=O) groups excluding carboxylic acids is 3. The van der Waals surface area contributed by atoms with E-state index < -0.39 is 33.6 Å². The maximum atomic E-state index is 13.0. The lowest BCUT2D eigenvalue weighted by molar-refractivity contribution is -0.158. The predicted octanol–water partition coefficient (Wildman–Crippen LogP) is 4.29. The first-order valence-corrected chi connectivity index (χ1v) is 12.7. The number of nitrogens with zero attached hydrogens (tertiary/aromatic N) is 2. The van der Waals surface area contributed by atoms with Crippen LogP contribution in [0.5, 0.6) is 0 Å². The van der Waals surface area contributed by atoms with Gasteiger partial charge < -0.3 is 14.8 Å². The van der Waals surface area contributed by atoms with Crippen molar-refractivity contribution in [1.29, 1.82) is 0 Å². The zero-order valence-electron chi connectivity index (χ0n) is 20.0. The van der Waals surface area contributed by atoms with Gasteiger partial charge in [0.05, 0.1) is 29.2 Å². The van der Waals surface area contributed by atoms with Crippen LogP contribution in [-0.2, 0) is 19.1 Å². The summed E-state index contributed by atoms with van der Waals surface area (Å²) in [7, 11) is 0. The predicted molar refractivity (Wildman–Crippen MR) is 141 cm³/mol. The van der Waals surface area contributed by atoms with Crippen molar-refractivity contribution in [2.75, 3.05) is 13.2 Å². The number of fused-ring (bicyclic) bond motifs is 1. The lowest BCUT2D eigenvalue weighted by atomic mass is 9.97. The molecule has 2 heterocycles. The molecule has 0 bridgehead atoms. The molecule has 1 amide bonds. The van der Waals surface area contributed by atoms with Crippen molar-refractivity contribution in [3.63, 3.8) is 0 Å². The highest BCUT2D eigenvalue weighted by atomic mass is 35.5. The molecule has 2 aromatic rings. The summed E-state index contributed by atoms with van der Waals surface area (Å²) in [4.78, 5) is 41.7. The highest BCUT2D eigenvalue weighted by molar-refractivity contribution is 6.25. The molecule has 0 radical (unpaired) electrons. The van der Waals surface area contributed by atoms with Gasteiger partial charge in [-0.15, -0.1) is 23.2 Å². The van der Waals surface area contributed by atoms with E-state index in [4.69, 9.17) is 32.7 Å². The fourth-order valence-corrected chi connectivity index (χ4v) is 4.45. The summed E-state index contributed by atoms with van der Waals surface area (Å²) in [6.07, 6.45) is 19.8. The summed E-state index contributed by atoms with van der Waals surface area (Å²) in [6.45, 7) is -0.0879. The number of halogens is 2. The number of ether oxygens (including phenoxy) is 2. The molecule has 194 valence electrons. The van der Waals surface area contributed by atoms with E-state index in [9.17, 15) is 14.4 Å². The Morgan fingerprint density at radius 3 is 2.08 bits per heavy atom. The molecule has 0 saturated heterocycles. The normalized spacial score (nSPS) is 23.1. The van der Waals surface area contributed by atoms with Gasteiger partial charge in [0.2, 0.25) is 6.04 Å². The zero-order valence-corrected chi connectivity index (χ0v) is 21.5. The maximum absolute atomic E-state index is 13.0. The van der Waals surface area contributed by atoms with E-state index in [1.807, 2.05) is 48.6 Å². The maximum Gasteiger partial charge on any atom is 0.340 e. The summed E-state index contributed by atoms with van der Waals surface area (Å²) in [5, 5.41) is 2.44. The molecular weight excluding hydrogens is 517 g/mol. The fraction of sp³-hybridized carbons (Fsp3) is 0.333. The Morgan fingerprint density at radius 1 is 0.946 bits per heavy atom. The zero-order chi connectivity index (χ0) is 26.3. The molecule has 2 aliphatic rings. The Morgan fingerprint density at radius 2 is 1.54 bits per heavy atom. The van der Waals surface area contributed by atoms with Crippen molar-refractivity contribution >= 4 is 46.7 Å². The Hall–Kier alpha value is -3.36. The van der Waals surface area contributed by atoms with Crippen molar-refractivity contribution in [2.45, 2.75) is 41.5 Å². The smallest absolute Gasteiger partial charge is 0.340 e. The molecular formula is C27H27Cl2N3O5. The third kappa shape index (κ3) is 6.90.